The van der Waals surface area contributed by atoms with Crippen molar-refractivity contribution in [2.45, 2.75) is 0 Å². The van der Waals surface area contributed by atoms with E-state index >= 15 is 0 Å². The maximum absolute atomic E-state index is 6.69. The molecule has 2 heterocycles. The predicted octanol–water partition coefficient (Wildman–Crippen LogP) is 18.0. The van der Waals surface area contributed by atoms with Crippen molar-refractivity contribution in [3.05, 3.63) is 206 Å². The normalized spacial score (nSPS) is 12.4. The Labute approximate surface area is 366 Å². The zero-order chi connectivity index (χ0) is 41.6. The lowest BCUT2D eigenvalue weighted by atomic mass is 9.81. The molecule has 0 aliphatic heterocycles. The summed E-state index contributed by atoms with van der Waals surface area (Å²) in [7, 11) is 0. The van der Waals surface area contributed by atoms with Crippen molar-refractivity contribution >= 4 is 119 Å². The number of hydrogen-bond acceptors (Lipinski definition) is 2. The van der Waals surface area contributed by atoms with Gasteiger partial charge < -0.3 is 8.83 Å². The Kier molecular flexibility index (Phi) is 6.71. The third-order valence-corrected chi connectivity index (χ3v) is 14.1. The Morgan fingerprint density at radius 2 is 0.641 bits per heavy atom. The minimum Gasteiger partial charge on any atom is -0.456 e. The van der Waals surface area contributed by atoms with Crippen LogP contribution in [0.5, 0.6) is 0 Å². The quantitative estimate of drug-likeness (QED) is 0.131. The number of fused-ring (bicyclic) bond motifs is 10. The van der Waals surface area contributed by atoms with Crippen LogP contribution in [0.2, 0.25) is 0 Å². The minimum atomic E-state index is 0.892. The lowest BCUT2D eigenvalue weighted by Gasteiger charge is -2.21. The van der Waals surface area contributed by atoms with Gasteiger partial charge in [0.2, 0.25) is 0 Å². The zero-order valence-electron chi connectivity index (χ0n) is 34.4. The van der Waals surface area contributed by atoms with Gasteiger partial charge in [0.25, 0.3) is 0 Å². The molecule has 0 unspecified atom stereocenters. The summed E-state index contributed by atoms with van der Waals surface area (Å²) < 4.78 is 13.4. The summed E-state index contributed by atoms with van der Waals surface area (Å²) in [5, 5.41) is 21.7. The van der Waals surface area contributed by atoms with Crippen molar-refractivity contribution in [2.75, 3.05) is 0 Å². The molecule has 0 aliphatic rings. The molecule has 0 saturated carbocycles. The average molecular weight is 811 g/mol. The van der Waals surface area contributed by atoms with Crippen LogP contribution < -0.4 is 0 Å². The van der Waals surface area contributed by atoms with Crippen molar-refractivity contribution in [3.63, 3.8) is 0 Å². The molecule has 0 aliphatic carbocycles. The Morgan fingerprint density at radius 3 is 1.23 bits per heavy atom. The van der Waals surface area contributed by atoms with Gasteiger partial charge in [-0.3, -0.25) is 0 Å². The largest absolute Gasteiger partial charge is 0.456 e. The van der Waals surface area contributed by atoms with E-state index in [4.69, 9.17) is 8.83 Å². The molecule has 0 bridgehead atoms. The Hall–Kier alpha value is -8.46. The van der Waals surface area contributed by atoms with Gasteiger partial charge >= 0.3 is 0 Å². The van der Waals surface area contributed by atoms with Crippen LogP contribution >= 0.6 is 0 Å². The molecule has 2 nitrogen and oxygen atoms in total. The SMILES string of the molecule is c1ccc2c(-c3cccc4c(-c5cc6cccc7ccc8cccc5c8c76)c5cccc(-c6c7ccccc7cc7oc8ccccc8c67)c5cc34)c3c(cc2c1)oc1ccccc13. The molecule has 0 amide bonds. The van der Waals surface area contributed by atoms with E-state index < -0.39 is 0 Å². The van der Waals surface area contributed by atoms with Gasteiger partial charge in [-0.15, -0.1) is 0 Å². The van der Waals surface area contributed by atoms with Gasteiger partial charge in [-0.25, -0.2) is 0 Å². The second-order valence-electron chi connectivity index (χ2n) is 17.4. The Balaban J connectivity index is 1.18. The van der Waals surface area contributed by atoms with Crippen LogP contribution in [-0.4, -0.2) is 0 Å². The Morgan fingerprint density at radius 1 is 0.203 bits per heavy atom. The van der Waals surface area contributed by atoms with E-state index in [9.17, 15) is 0 Å². The summed E-state index contributed by atoms with van der Waals surface area (Å²) in [6.07, 6.45) is 0. The van der Waals surface area contributed by atoms with Gasteiger partial charge in [-0.05, 0) is 134 Å². The summed E-state index contributed by atoms with van der Waals surface area (Å²) >= 11 is 0. The fourth-order valence-electron chi connectivity index (χ4n) is 11.5. The van der Waals surface area contributed by atoms with E-state index in [2.05, 4.69) is 206 Å². The van der Waals surface area contributed by atoms with Crippen LogP contribution in [-0.2, 0) is 0 Å². The van der Waals surface area contributed by atoms with Crippen LogP contribution in [0.15, 0.2) is 215 Å². The molecule has 13 aromatic carbocycles. The second-order valence-corrected chi connectivity index (χ2v) is 17.4. The first-order chi connectivity index (χ1) is 31.7. The maximum Gasteiger partial charge on any atom is 0.136 e. The third kappa shape index (κ3) is 4.53. The van der Waals surface area contributed by atoms with Crippen molar-refractivity contribution in [1.29, 1.82) is 0 Å². The first-order valence-corrected chi connectivity index (χ1v) is 22.1. The average Bonchev–Trinajstić information content (AvgIpc) is 3.91. The summed E-state index contributed by atoms with van der Waals surface area (Å²) in [4.78, 5) is 0. The lowest BCUT2D eigenvalue weighted by Crippen LogP contribution is -1.94. The first-order valence-electron chi connectivity index (χ1n) is 22.1. The molecule has 0 N–H and O–H groups in total. The van der Waals surface area contributed by atoms with Crippen molar-refractivity contribution in [2.24, 2.45) is 0 Å². The van der Waals surface area contributed by atoms with Gasteiger partial charge in [0.1, 0.15) is 22.3 Å². The molecule has 0 saturated heterocycles. The smallest absolute Gasteiger partial charge is 0.136 e. The Bertz CT molecular complexity index is 4270. The first kappa shape index (κ1) is 34.2. The van der Waals surface area contributed by atoms with Gasteiger partial charge in [-0.1, -0.05) is 170 Å². The molecule has 64 heavy (non-hydrogen) atoms. The standard InChI is InChI=1S/C62H34O2/c1-3-18-40-37(13-1)32-54-61(47-20-5-7-27-52(47)63-54)59(40)44-25-11-23-42-49(44)34-50-43(58(42)51-31-39-17-9-15-35-29-30-36-16-10-22-46(51)57(36)56(35)39)24-12-26-45(50)60-41-19-4-2-14-38(41)33-55-62(60)48-21-6-8-28-53(48)64-55/h1-34H. The van der Waals surface area contributed by atoms with Crippen molar-refractivity contribution in [3.8, 4) is 33.4 Å². The molecule has 0 radical (unpaired) electrons. The molecule has 15 aromatic rings. The molecular weight excluding hydrogens is 777 g/mol. The van der Waals surface area contributed by atoms with E-state index in [1.165, 1.54) is 98.0 Å². The lowest BCUT2D eigenvalue weighted by molar-refractivity contribution is 0.669. The highest BCUT2D eigenvalue weighted by atomic mass is 16.3. The number of rotatable bonds is 3. The third-order valence-electron chi connectivity index (χ3n) is 14.1. The highest BCUT2D eigenvalue weighted by Crippen LogP contribution is 2.51. The molecule has 15 rings (SSSR count). The molecule has 0 atom stereocenters. The van der Waals surface area contributed by atoms with Crippen LogP contribution in [0.4, 0.5) is 0 Å². The molecule has 2 aromatic heterocycles. The van der Waals surface area contributed by atoms with E-state index in [-0.39, 0.29) is 0 Å². The molecule has 294 valence electrons. The molecule has 2 heteroatoms. The van der Waals surface area contributed by atoms with Gasteiger partial charge in [-0.2, -0.15) is 0 Å². The van der Waals surface area contributed by atoms with Gasteiger partial charge in [0.05, 0.1) is 0 Å². The minimum absolute atomic E-state index is 0.892. The molecule has 0 fully saturated rings. The summed E-state index contributed by atoms with van der Waals surface area (Å²) in [6, 6.07) is 75.8. The summed E-state index contributed by atoms with van der Waals surface area (Å²) in [5.41, 5.74) is 10.8. The van der Waals surface area contributed by atoms with Crippen LogP contribution in [0.3, 0.4) is 0 Å². The van der Waals surface area contributed by atoms with Crippen molar-refractivity contribution in [1.82, 2.24) is 0 Å². The van der Waals surface area contributed by atoms with Gasteiger partial charge in [0, 0.05) is 32.7 Å². The highest BCUT2D eigenvalue weighted by Gasteiger charge is 2.24. The van der Waals surface area contributed by atoms with E-state index in [1.807, 2.05) is 0 Å². The van der Waals surface area contributed by atoms with Crippen LogP contribution in [0.1, 0.15) is 0 Å². The second kappa shape index (κ2) is 12.6. The molecule has 0 spiro atoms. The number of hydrogen-bond donors (Lipinski definition) is 0. The van der Waals surface area contributed by atoms with Crippen LogP contribution in [0.25, 0.3) is 153 Å². The monoisotopic (exact) mass is 810 g/mol. The fourth-order valence-corrected chi connectivity index (χ4v) is 11.5. The van der Waals surface area contributed by atoms with E-state index in [0.29, 0.717) is 0 Å². The van der Waals surface area contributed by atoms with E-state index in [0.717, 1.165) is 54.6 Å². The summed E-state index contributed by atoms with van der Waals surface area (Å²) in [6.45, 7) is 0. The number of furan rings is 2. The fraction of sp³-hybridized carbons (Fsp3) is 0. The zero-order valence-corrected chi connectivity index (χ0v) is 34.4. The number of benzene rings is 13. The topological polar surface area (TPSA) is 26.3 Å². The highest BCUT2D eigenvalue weighted by molar-refractivity contribution is 6.32. The molecular formula is C62H34O2. The summed E-state index contributed by atoms with van der Waals surface area (Å²) in [5.74, 6) is 0. The van der Waals surface area contributed by atoms with Gasteiger partial charge in [0.15, 0.2) is 0 Å². The van der Waals surface area contributed by atoms with Crippen molar-refractivity contribution < 1.29 is 8.83 Å². The predicted molar refractivity (Wildman–Crippen MR) is 271 cm³/mol. The number of para-hydroxylation sites is 2. The van der Waals surface area contributed by atoms with E-state index in [1.54, 1.807) is 0 Å². The maximum atomic E-state index is 6.69. The van der Waals surface area contributed by atoms with Crippen LogP contribution in [0, 0.1) is 0 Å².